The molecule has 0 unspecified atom stereocenters. The van der Waals surface area contributed by atoms with E-state index in [-0.39, 0.29) is 0 Å². The number of benzene rings is 1. The van der Waals surface area contributed by atoms with Crippen molar-refractivity contribution < 1.29 is 9.53 Å². The highest BCUT2D eigenvalue weighted by atomic mass is 16.6. The molecular weight excluding hydrogens is 278 g/mol. The maximum atomic E-state index is 12.3. The maximum absolute atomic E-state index is 12.3. The van der Waals surface area contributed by atoms with Crippen molar-refractivity contribution in [1.82, 2.24) is 4.57 Å². The first-order valence-electron chi connectivity index (χ1n) is 7.16. The number of fused-ring (bicyclic) bond motifs is 1. The fraction of sp³-hybridized carbons (Fsp3) is 0.412. The van der Waals surface area contributed by atoms with Crippen LogP contribution < -0.4 is 5.32 Å². The van der Waals surface area contributed by atoms with Gasteiger partial charge in [-0.3, -0.25) is 4.57 Å². The van der Waals surface area contributed by atoms with E-state index in [0.717, 1.165) is 16.6 Å². The van der Waals surface area contributed by atoms with Crippen LogP contribution in [0.1, 0.15) is 34.6 Å². The first-order valence-corrected chi connectivity index (χ1v) is 7.16. The van der Waals surface area contributed by atoms with Gasteiger partial charge in [0.15, 0.2) is 0 Å². The lowest BCUT2D eigenvalue weighted by Crippen LogP contribution is -2.28. The van der Waals surface area contributed by atoms with Crippen molar-refractivity contribution in [2.75, 3.05) is 5.32 Å². The van der Waals surface area contributed by atoms with Crippen LogP contribution in [0.25, 0.3) is 10.9 Å². The van der Waals surface area contributed by atoms with E-state index < -0.39 is 17.2 Å². The van der Waals surface area contributed by atoms with Gasteiger partial charge < -0.3 is 10.1 Å². The molecule has 0 fully saturated rings. The number of ether oxygens (including phenoxy) is 1. The molecule has 5 heteroatoms. The normalized spacial score (nSPS) is 12.0. The van der Waals surface area contributed by atoms with E-state index in [4.69, 9.17) is 10.00 Å². The summed E-state index contributed by atoms with van der Waals surface area (Å²) in [6.45, 7) is 9.10. The number of aromatic nitrogens is 1. The number of carbonyl (C=O) groups is 1. The van der Waals surface area contributed by atoms with E-state index in [2.05, 4.69) is 11.4 Å². The molecule has 1 aromatic carbocycles. The van der Waals surface area contributed by atoms with Crippen molar-refractivity contribution in [3.05, 3.63) is 30.5 Å². The molecule has 1 N–H and O–H groups in total. The number of hydrogen-bond donors (Lipinski definition) is 1. The van der Waals surface area contributed by atoms with Crippen LogP contribution in [-0.4, -0.2) is 21.8 Å². The SMILES string of the molecule is CC(C)(C#N)Nc1cccc2c1ccn2C(=O)OC(C)(C)C. The zero-order valence-corrected chi connectivity index (χ0v) is 13.6. The molecule has 2 aromatic rings. The van der Waals surface area contributed by atoms with Gasteiger partial charge in [-0.2, -0.15) is 5.26 Å². The van der Waals surface area contributed by atoms with Crippen LogP contribution in [0.3, 0.4) is 0 Å². The van der Waals surface area contributed by atoms with Gasteiger partial charge in [0.05, 0.1) is 11.6 Å². The fourth-order valence-electron chi connectivity index (χ4n) is 2.11. The summed E-state index contributed by atoms with van der Waals surface area (Å²) in [6.07, 6.45) is 1.27. The molecule has 0 saturated heterocycles. The van der Waals surface area contributed by atoms with Crippen LogP contribution in [0, 0.1) is 11.3 Å². The van der Waals surface area contributed by atoms with Gasteiger partial charge in [0, 0.05) is 17.3 Å². The predicted octanol–water partition coefficient (Wildman–Crippen LogP) is 4.14. The molecule has 116 valence electrons. The second-order valence-electron chi connectivity index (χ2n) is 6.77. The molecule has 0 bridgehead atoms. The first kappa shape index (κ1) is 15.9. The summed E-state index contributed by atoms with van der Waals surface area (Å²) >= 11 is 0. The van der Waals surface area contributed by atoms with Crippen molar-refractivity contribution in [2.24, 2.45) is 0 Å². The highest BCUT2D eigenvalue weighted by Crippen LogP contribution is 2.27. The summed E-state index contributed by atoms with van der Waals surface area (Å²) in [6, 6.07) is 9.63. The molecule has 0 atom stereocenters. The Morgan fingerprint density at radius 2 is 1.91 bits per heavy atom. The predicted molar refractivity (Wildman–Crippen MR) is 86.9 cm³/mol. The molecular formula is C17H21N3O2. The van der Waals surface area contributed by atoms with Crippen molar-refractivity contribution in [1.29, 1.82) is 5.26 Å². The van der Waals surface area contributed by atoms with Gasteiger partial charge >= 0.3 is 6.09 Å². The van der Waals surface area contributed by atoms with Gasteiger partial charge in [-0.1, -0.05) is 6.07 Å². The van der Waals surface area contributed by atoms with Gasteiger partial charge in [0.2, 0.25) is 0 Å². The Hall–Kier alpha value is -2.48. The number of nitrogens with zero attached hydrogens (tertiary/aromatic N) is 2. The first-order chi connectivity index (χ1) is 10.1. The molecule has 0 saturated carbocycles. The van der Waals surface area contributed by atoms with Crippen LogP contribution in [0.2, 0.25) is 0 Å². The quantitative estimate of drug-likeness (QED) is 0.905. The Morgan fingerprint density at radius 1 is 1.23 bits per heavy atom. The largest absolute Gasteiger partial charge is 0.443 e. The van der Waals surface area contributed by atoms with Crippen molar-refractivity contribution in [3.63, 3.8) is 0 Å². The van der Waals surface area contributed by atoms with Crippen LogP contribution in [0.5, 0.6) is 0 Å². The third kappa shape index (κ3) is 3.40. The molecule has 0 radical (unpaired) electrons. The number of nitriles is 1. The van der Waals surface area contributed by atoms with Crippen LogP contribution in [-0.2, 0) is 4.74 Å². The summed E-state index contributed by atoms with van der Waals surface area (Å²) in [4.78, 5) is 12.3. The monoisotopic (exact) mass is 299 g/mol. The van der Waals surface area contributed by atoms with Crippen LogP contribution >= 0.6 is 0 Å². The Balaban J connectivity index is 2.42. The van der Waals surface area contributed by atoms with E-state index in [1.807, 2.05) is 45.0 Å². The van der Waals surface area contributed by atoms with E-state index in [0.29, 0.717) is 0 Å². The third-order valence-electron chi connectivity index (χ3n) is 3.05. The number of carbonyl (C=O) groups excluding carboxylic acids is 1. The van der Waals surface area contributed by atoms with Gasteiger partial charge in [-0.15, -0.1) is 0 Å². The number of hydrogen-bond acceptors (Lipinski definition) is 4. The molecule has 0 amide bonds. The van der Waals surface area contributed by atoms with Crippen LogP contribution in [0.15, 0.2) is 30.5 Å². The molecule has 2 rings (SSSR count). The summed E-state index contributed by atoms with van der Waals surface area (Å²) in [5, 5.41) is 13.2. The molecule has 0 aliphatic rings. The highest BCUT2D eigenvalue weighted by Gasteiger charge is 2.21. The smallest absolute Gasteiger partial charge is 0.418 e. The molecule has 1 heterocycles. The fourth-order valence-corrected chi connectivity index (χ4v) is 2.11. The lowest BCUT2D eigenvalue weighted by Gasteiger charge is -2.21. The van der Waals surface area contributed by atoms with Crippen molar-refractivity contribution in [2.45, 2.75) is 45.8 Å². The summed E-state index contributed by atoms with van der Waals surface area (Å²) in [5.41, 5.74) is 0.314. The van der Waals surface area contributed by atoms with E-state index in [1.54, 1.807) is 20.0 Å². The molecule has 0 aliphatic carbocycles. The molecule has 22 heavy (non-hydrogen) atoms. The standard InChI is InChI=1S/C17H21N3O2/c1-16(2,3)22-15(21)20-10-9-12-13(7-6-8-14(12)20)19-17(4,5)11-18/h6-10,19H,1-5H3. The lowest BCUT2D eigenvalue weighted by atomic mass is 10.1. The molecule has 0 aliphatic heterocycles. The highest BCUT2D eigenvalue weighted by molar-refractivity contribution is 5.97. The lowest BCUT2D eigenvalue weighted by molar-refractivity contribution is 0.0544. The number of anilines is 1. The maximum Gasteiger partial charge on any atom is 0.418 e. The average Bonchev–Trinajstić information content (AvgIpc) is 2.81. The van der Waals surface area contributed by atoms with Crippen molar-refractivity contribution >= 4 is 22.7 Å². The Kier molecular flexibility index (Phi) is 3.89. The van der Waals surface area contributed by atoms with Crippen molar-refractivity contribution in [3.8, 4) is 6.07 Å². The Labute approximate surface area is 130 Å². The Bertz CT molecular complexity index is 745. The van der Waals surface area contributed by atoms with Gasteiger partial charge in [0.25, 0.3) is 0 Å². The average molecular weight is 299 g/mol. The van der Waals surface area contributed by atoms with E-state index in [9.17, 15) is 4.79 Å². The number of rotatable bonds is 2. The summed E-state index contributed by atoms with van der Waals surface area (Å²) < 4.78 is 6.88. The topological polar surface area (TPSA) is 67.0 Å². The van der Waals surface area contributed by atoms with Crippen LogP contribution in [0.4, 0.5) is 10.5 Å². The summed E-state index contributed by atoms with van der Waals surface area (Å²) in [7, 11) is 0. The third-order valence-corrected chi connectivity index (χ3v) is 3.05. The van der Waals surface area contributed by atoms with E-state index >= 15 is 0 Å². The molecule has 5 nitrogen and oxygen atoms in total. The van der Waals surface area contributed by atoms with Gasteiger partial charge in [-0.25, -0.2) is 4.79 Å². The minimum atomic E-state index is -0.692. The number of nitrogens with one attached hydrogen (secondary N) is 1. The zero-order chi connectivity index (χ0) is 16.5. The second kappa shape index (κ2) is 5.38. The van der Waals surface area contributed by atoms with Gasteiger partial charge in [0.1, 0.15) is 11.1 Å². The zero-order valence-electron chi connectivity index (χ0n) is 13.6. The Morgan fingerprint density at radius 3 is 2.50 bits per heavy atom. The minimum Gasteiger partial charge on any atom is -0.443 e. The van der Waals surface area contributed by atoms with Gasteiger partial charge in [-0.05, 0) is 52.8 Å². The second-order valence-corrected chi connectivity index (χ2v) is 6.77. The van der Waals surface area contributed by atoms with E-state index in [1.165, 1.54) is 4.57 Å². The summed E-state index contributed by atoms with van der Waals surface area (Å²) in [5.74, 6) is 0. The molecule has 0 spiro atoms. The molecule has 1 aromatic heterocycles. The minimum absolute atomic E-state index is 0.417.